The summed E-state index contributed by atoms with van der Waals surface area (Å²) in [7, 11) is -3.31. The van der Waals surface area contributed by atoms with Gasteiger partial charge in [0, 0.05) is 11.8 Å². The molecule has 0 atom stereocenters. The standard InChI is InChI=1S/C14H18O5S/c1-4-18-13(10-14(15)19-5-2)11-7-6-8-12(9-11)20(3,16)17/h6-10H,4-5H2,1-3H3/b13-10-. The fraction of sp³-hybridized carbons (Fsp3) is 0.357. The van der Waals surface area contributed by atoms with Crippen LogP contribution in [-0.2, 0) is 24.1 Å². The molecule has 110 valence electrons. The highest BCUT2D eigenvalue weighted by molar-refractivity contribution is 7.90. The summed E-state index contributed by atoms with van der Waals surface area (Å²) < 4.78 is 33.3. The first-order valence-corrected chi connectivity index (χ1v) is 8.09. The third-order valence-corrected chi connectivity index (χ3v) is 3.49. The van der Waals surface area contributed by atoms with Crippen molar-refractivity contribution in [3.05, 3.63) is 35.9 Å². The number of hydrogen-bond acceptors (Lipinski definition) is 5. The summed E-state index contributed by atoms with van der Waals surface area (Å²) in [5.41, 5.74) is 0.517. The SMILES string of the molecule is CCOC(=O)/C=C(\OCC)c1cccc(S(C)(=O)=O)c1. The Bertz CT molecular complexity index is 602. The molecular weight excluding hydrogens is 280 g/mol. The zero-order chi connectivity index (χ0) is 15.2. The summed E-state index contributed by atoms with van der Waals surface area (Å²) in [5, 5.41) is 0. The van der Waals surface area contributed by atoms with Gasteiger partial charge in [0.1, 0.15) is 5.76 Å². The Balaban J connectivity index is 3.19. The third-order valence-electron chi connectivity index (χ3n) is 2.38. The van der Waals surface area contributed by atoms with E-state index in [-0.39, 0.29) is 17.3 Å². The Morgan fingerprint density at radius 2 is 1.85 bits per heavy atom. The van der Waals surface area contributed by atoms with Gasteiger partial charge in [-0.2, -0.15) is 0 Å². The van der Waals surface area contributed by atoms with Crippen molar-refractivity contribution >= 4 is 21.6 Å². The minimum Gasteiger partial charge on any atom is -0.493 e. The maximum absolute atomic E-state index is 11.5. The zero-order valence-corrected chi connectivity index (χ0v) is 12.6. The molecule has 1 aromatic carbocycles. The third kappa shape index (κ3) is 4.70. The quantitative estimate of drug-likeness (QED) is 0.456. The number of rotatable bonds is 6. The van der Waals surface area contributed by atoms with Gasteiger partial charge in [0.05, 0.1) is 24.2 Å². The van der Waals surface area contributed by atoms with E-state index in [4.69, 9.17) is 9.47 Å². The maximum Gasteiger partial charge on any atom is 0.334 e. The van der Waals surface area contributed by atoms with Gasteiger partial charge in [-0.05, 0) is 26.0 Å². The molecule has 0 aromatic heterocycles. The molecule has 0 N–H and O–H groups in total. The fourth-order valence-corrected chi connectivity index (χ4v) is 2.20. The number of ether oxygens (including phenoxy) is 2. The van der Waals surface area contributed by atoms with Gasteiger partial charge in [0.15, 0.2) is 9.84 Å². The molecule has 0 saturated carbocycles. The monoisotopic (exact) mass is 298 g/mol. The fourth-order valence-electron chi connectivity index (χ4n) is 1.53. The van der Waals surface area contributed by atoms with Crippen molar-refractivity contribution in [2.24, 2.45) is 0 Å². The molecule has 20 heavy (non-hydrogen) atoms. The van der Waals surface area contributed by atoms with Gasteiger partial charge in [-0.15, -0.1) is 0 Å². The van der Waals surface area contributed by atoms with Gasteiger partial charge in [0.25, 0.3) is 0 Å². The molecule has 0 aliphatic heterocycles. The Morgan fingerprint density at radius 3 is 2.40 bits per heavy atom. The average molecular weight is 298 g/mol. The molecule has 1 aromatic rings. The smallest absolute Gasteiger partial charge is 0.334 e. The lowest BCUT2D eigenvalue weighted by Crippen LogP contribution is -2.04. The van der Waals surface area contributed by atoms with E-state index in [1.165, 1.54) is 18.2 Å². The van der Waals surface area contributed by atoms with Gasteiger partial charge >= 0.3 is 5.97 Å². The molecule has 0 fully saturated rings. The van der Waals surface area contributed by atoms with Crippen LogP contribution in [0.25, 0.3) is 5.76 Å². The van der Waals surface area contributed by atoms with E-state index in [0.29, 0.717) is 12.2 Å². The first-order chi connectivity index (χ1) is 9.38. The van der Waals surface area contributed by atoms with Gasteiger partial charge in [-0.3, -0.25) is 0 Å². The molecule has 0 saturated heterocycles. The highest BCUT2D eigenvalue weighted by Gasteiger charge is 2.11. The van der Waals surface area contributed by atoms with Crippen LogP contribution in [0.15, 0.2) is 35.2 Å². The van der Waals surface area contributed by atoms with E-state index in [9.17, 15) is 13.2 Å². The zero-order valence-electron chi connectivity index (χ0n) is 11.8. The Hall–Kier alpha value is -1.82. The van der Waals surface area contributed by atoms with Crippen molar-refractivity contribution in [2.45, 2.75) is 18.7 Å². The summed E-state index contributed by atoms with van der Waals surface area (Å²) in [6, 6.07) is 6.24. The molecule has 0 heterocycles. The van der Waals surface area contributed by atoms with E-state index in [1.54, 1.807) is 26.0 Å². The molecule has 0 amide bonds. The lowest BCUT2D eigenvalue weighted by molar-refractivity contribution is -0.137. The van der Waals surface area contributed by atoms with E-state index >= 15 is 0 Å². The lowest BCUT2D eigenvalue weighted by Gasteiger charge is -2.10. The Kier molecular flexibility index (Phi) is 5.76. The largest absolute Gasteiger partial charge is 0.493 e. The number of carbonyl (C=O) groups excluding carboxylic acids is 1. The van der Waals surface area contributed by atoms with Crippen LogP contribution in [-0.4, -0.2) is 33.9 Å². The second-order valence-corrected chi connectivity index (χ2v) is 6.01. The van der Waals surface area contributed by atoms with Crippen molar-refractivity contribution in [3.63, 3.8) is 0 Å². The van der Waals surface area contributed by atoms with Crippen molar-refractivity contribution in [1.82, 2.24) is 0 Å². The van der Waals surface area contributed by atoms with Crippen LogP contribution in [0.1, 0.15) is 19.4 Å². The van der Waals surface area contributed by atoms with Gasteiger partial charge in [-0.1, -0.05) is 12.1 Å². The predicted octanol–water partition coefficient (Wildman–Crippen LogP) is 2.03. The van der Waals surface area contributed by atoms with Gasteiger partial charge < -0.3 is 9.47 Å². The van der Waals surface area contributed by atoms with Gasteiger partial charge in [0.2, 0.25) is 0 Å². The van der Waals surface area contributed by atoms with E-state index in [2.05, 4.69) is 0 Å². The molecule has 0 bridgehead atoms. The van der Waals surface area contributed by atoms with Crippen LogP contribution in [0.5, 0.6) is 0 Å². The Labute approximate surface area is 119 Å². The minimum atomic E-state index is -3.31. The summed E-state index contributed by atoms with van der Waals surface area (Å²) in [5.74, 6) is -0.239. The minimum absolute atomic E-state index is 0.171. The first kappa shape index (κ1) is 16.2. The number of benzene rings is 1. The normalized spacial score (nSPS) is 12.1. The van der Waals surface area contributed by atoms with Crippen molar-refractivity contribution < 1.29 is 22.7 Å². The average Bonchev–Trinajstić information content (AvgIpc) is 2.38. The molecule has 0 aliphatic rings. The van der Waals surface area contributed by atoms with Crippen LogP contribution in [0.3, 0.4) is 0 Å². The first-order valence-electron chi connectivity index (χ1n) is 6.20. The second-order valence-electron chi connectivity index (χ2n) is 3.99. The van der Waals surface area contributed by atoms with Gasteiger partial charge in [-0.25, -0.2) is 13.2 Å². The second kappa shape index (κ2) is 7.09. The van der Waals surface area contributed by atoms with Crippen LogP contribution in [0, 0.1) is 0 Å². The topological polar surface area (TPSA) is 69.7 Å². The summed E-state index contributed by atoms with van der Waals surface area (Å²) >= 11 is 0. The molecule has 0 unspecified atom stereocenters. The molecule has 5 nitrogen and oxygen atoms in total. The van der Waals surface area contributed by atoms with Crippen molar-refractivity contribution in [3.8, 4) is 0 Å². The number of carbonyl (C=O) groups is 1. The Morgan fingerprint density at radius 1 is 1.20 bits per heavy atom. The predicted molar refractivity (Wildman–Crippen MR) is 75.8 cm³/mol. The summed E-state index contributed by atoms with van der Waals surface area (Å²) in [4.78, 5) is 11.7. The molecule has 1 rings (SSSR count). The van der Waals surface area contributed by atoms with Crippen molar-refractivity contribution in [2.75, 3.05) is 19.5 Å². The summed E-state index contributed by atoms with van der Waals surface area (Å²) in [6.45, 7) is 4.10. The number of sulfone groups is 1. The molecule has 0 aliphatic carbocycles. The lowest BCUT2D eigenvalue weighted by atomic mass is 10.2. The summed E-state index contributed by atoms with van der Waals surface area (Å²) in [6.07, 6.45) is 2.34. The van der Waals surface area contributed by atoms with Crippen LogP contribution < -0.4 is 0 Å². The number of hydrogen-bond donors (Lipinski definition) is 0. The molecule has 0 spiro atoms. The van der Waals surface area contributed by atoms with Crippen molar-refractivity contribution in [1.29, 1.82) is 0 Å². The number of esters is 1. The van der Waals surface area contributed by atoms with E-state index < -0.39 is 15.8 Å². The molecule has 0 radical (unpaired) electrons. The highest BCUT2D eigenvalue weighted by atomic mass is 32.2. The molecular formula is C14H18O5S. The van der Waals surface area contributed by atoms with Crippen LogP contribution in [0.2, 0.25) is 0 Å². The van der Waals surface area contributed by atoms with E-state index in [0.717, 1.165) is 6.26 Å². The highest BCUT2D eigenvalue weighted by Crippen LogP contribution is 2.20. The van der Waals surface area contributed by atoms with E-state index in [1.807, 2.05) is 0 Å². The maximum atomic E-state index is 11.5. The van der Waals surface area contributed by atoms with Crippen LogP contribution >= 0.6 is 0 Å². The van der Waals surface area contributed by atoms with Crippen LogP contribution in [0.4, 0.5) is 0 Å². The molecule has 6 heteroatoms.